The molecule has 0 radical (unpaired) electrons. The van der Waals surface area contributed by atoms with Crippen LogP contribution < -0.4 is 5.32 Å². The van der Waals surface area contributed by atoms with E-state index in [1.165, 1.54) is 0 Å². The molecule has 5 heteroatoms. The van der Waals surface area contributed by atoms with Gasteiger partial charge in [-0.25, -0.2) is 4.79 Å². The van der Waals surface area contributed by atoms with E-state index in [0.29, 0.717) is 6.42 Å². The maximum atomic E-state index is 11.9. The number of halogens is 1. The lowest BCUT2D eigenvalue weighted by Gasteiger charge is -2.20. The Kier molecular flexibility index (Phi) is 6.02. The van der Waals surface area contributed by atoms with Crippen LogP contribution in [0.5, 0.6) is 0 Å². The number of rotatable bonds is 6. The summed E-state index contributed by atoms with van der Waals surface area (Å²) in [6, 6.07) is 6.57. The monoisotopic (exact) mass is 327 g/mol. The van der Waals surface area contributed by atoms with Gasteiger partial charge in [-0.3, -0.25) is 4.79 Å². The predicted octanol–water partition coefficient (Wildman–Crippen LogP) is 2.61. The van der Waals surface area contributed by atoms with Crippen LogP contribution in [0.1, 0.15) is 25.8 Å². The van der Waals surface area contributed by atoms with Gasteiger partial charge in [0.2, 0.25) is 5.91 Å². The number of carboxylic acid groups (broad SMARTS) is 1. The maximum Gasteiger partial charge on any atom is 0.326 e. The normalized spacial score (nSPS) is 13.6. The lowest BCUT2D eigenvalue weighted by Crippen LogP contribution is -2.45. The fourth-order valence-corrected chi connectivity index (χ4v) is 2.15. The largest absolute Gasteiger partial charge is 0.480 e. The Labute approximate surface area is 121 Å². The molecule has 1 aromatic rings. The Morgan fingerprint density at radius 2 is 2.00 bits per heavy atom. The van der Waals surface area contributed by atoms with Crippen LogP contribution in [-0.2, 0) is 16.0 Å². The Hall–Kier alpha value is -1.36. The van der Waals surface area contributed by atoms with Gasteiger partial charge in [-0.15, -0.1) is 0 Å². The molecule has 2 unspecified atom stereocenters. The number of hydrogen-bond donors (Lipinski definition) is 2. The first-order chi connectivity index (χ1) is 8.95. The van der Waals surface area contributed by atoms with Crippen molar-refractivity contribution in [2.45, 2.75) is 32.7 Å². The molecule has 0 saturated carbocycles. The summed E-state index contributed by atoms with van der Waals surface area (Å²) in [6.45, 7) is 3.72. The molecule has 0 aliphatic carbocycles. The quantitative estimate of drug-likeness (QED) is 0.844. The second-order valence-corrected chi connectivity index (χ2v) is 5.39. The van der Waals surface area contributed by atoms with E-state index in [1.807, 2.05) is 38.1 Å². The summed E-state index contributed by atoms with van der Waals surface area (Å²) >= 11 is 3.37. The first-order valence-corrected chi connectivity index (χ1v) is 7.00. The molecule has 1 aromatic carbocycles. The van der Waals surface area contributed by atoms with E-state index in [2.05, 4.69) is 21.2 Å². The smallest absolute Gasteiger partial charge is 0.326 e. The lowest BCUT2D eigenvalue weighted by molar-refractivity contribution is -0.143. The highest BCUT2D eigenvalue weighted by molar-refractivity contribution is 9.10. The highest BCUT2D eigenvalue weighted by Crippen LogP contribution is 2.16. The minimum Gasteiger partial charge on any atom is -0.480 e. The van der Waals surface area contributed by atoms with Crippen LogP contribution in [0.25, 0.3) is 0 Å². The number of carbonyl (C=O) groups excluding carboxylic acids is 1. The molecule has 1 rings (SSSR count). The van der Waals surface area contributed by atoms with Crippen LogP contribution in [0, 0.1) is 5.92 Å². The third-order valence-corrected chi connectivity index (χ3v) is 3.88. The Balaban J connectivity index is 2.68. The van der Waals surface area contributed by atoms with Crippen molar-refractivity contribution in [1.29, 1.82) is 0 Å². The van der Waals surface area contributed by atoms with Gasteiger partial charge < -0.3 is 10.4 Å². The summed E-state index contributed by atoms with van der Waals surface area (Å²) in [5.41, 5.74) is 0.841. The molecule has 0 aromatic heterocycles. The number of aliphatic carboxylic acids is 1. The summed E-state index contributed by atoms with van der Waals surface area (Å²) in [5.74, 6) is -1.37. The fraction of sp³-hybridized carbons (Fsp3) is 0.429. The van der Waals surface area contributed by atoms with E-state index in [4.69, 9.17) is 5.11 Å². The number of nitrogens with one attached hydrogen (secondary N) is 1. The van der Waals surface area contributed by atoms with Crippen molar-refractivity contribution in [3.63, 3.8) is 0 Å². The molecule has 0 fully saturated rings. The summed E-state index contributed by atoms with van der Waals surface area (Å²) in [5, 5.41) is 11.7. The Morgan fingerprint density at radius 3 is 2.53 bits per heavy atom. The van der Waals surface area contributed by atoms with Crippen molar-refractivity contribution in [3.05, 3.63) is 34.3 Å². The van der Waals surface area contributed by atoms with Crippen LogP contribution in [-0.4, -0.2) is 23.0 Å². The zero-order valence-corrected chi connectivity index (χ0v) is 12.6. The average Bonchev–Trinajstić information content (AvgIpc) is 2.37. The summed E-state index contributed by atoms with van der Waals surface area (Å²) < 4.78 is 0.848. The fourth-order valence-electron chi connectivity index (χ4n) is 1.72. The number of amides is 1. The van der Waals surface area contributed by atoms with Crippen LogP contribution in [0.15, 0.2) is 28.7 Å². The van der Waals surface area contributed by atoms with Crippen molar-refractivity contribution in [2.75, 3.05) is 0 Å². The van der Waals surface area contributed by atoms with Gasteiger partial charge in [-0.2, -0.15) is 0 Å². The average molecular weight is 328 g/mol. The number of hydrogen-bond acceptors (Lipinski definition) is 2. The molecule has 0 saturated heterocycles. The van der Waals surface area contributed by atoms with E-state index in [1.54, 1.807) is 0 Å². The molecule has 19 heavy (non-hydrogen) atoms. The van der Waals surface area contributed by atoms with Gasteiger partial charge in [0.05, 0.1) is 6.42 Å². The molecule has 104 valence electrons. The van der Waals surface area contributed by atoms with Crippen molar-refractivity contribution >= 4 is 27.8 Å². The van der Waals surface area contributed by atoms with Crippen LogP contribution in [0.3, 0.4) is 0 Å². The Bertz CT molecular complexity index is 462. The third kappa shape index (κ3) is 4.67. The van der Waals surface area contributed by atoms with Crippen molar-refractivity contribution < 1.29 is 14.7 Å². The van der Waals surface area contributed by atoms with Gasteiger partial charge in [0.1, 0.15) is 6.04 Å². The molecule has 0 heterocycles. The van der Waals surface area contributed by atoms with Crippen molar-refractivity contribution in [3.8, 4) is 0 Å². The molecule has 4 nitrogen and oxygen atoms in total. The zero-order chi connectivity index (χ0) is 14.4. The van der Waals surface area contributed by atoms with Gasteiger partial charge in [-0.1, -0.05) is 54.4 Å². The second kappa shape index (κ2) is 7.28. The summed E-state index contributed by atoms with van der Waals surface area (Å²) in [6.07, 6.45) is 0.869. The van der Waals surface area contributed by atoms with Crippen LogP contribution in [0.2, 0.25) is 0 Å². The Morgan fingerprint density at radius 1 is 1.37 bits per heavy atom. The van der Waals surface area contributed by atoms with Gasteiger partial charge in [0.25, 0.3) is 0 Å². The molecule has 0 bridgehead atoms. The highest BCUT2D eigenvalue weighted by Gasteiger charge is 2.25. The van der Waals surface area contributed by atoms with E-state index in [0.717, 1.165) is 10.0 Å². The topological polar surface area (TPSA) is 66.4 Å². The zero-order valence-electron chi connectivity index (χ0n) is 11.0. The second-order valence-electron chi connectivity index (χ2n) is 4.54. The first kappa shape index (κ1) is 15.7. The van der Waals surface area contributed by atoms with E-state index >= 15 is 0 Å². The standard InChI is InChI=1S/C14H18BrNO3/c1-3-9(2)13(14(18)19)16-12(17)8-10-6-4-5-7-11(10)15/h4-7,9,13H,3,8H2,1-2H3,(H,16,17)(H,18,19). The SMILES string of the molecule is CCC(C)C(NC(=O)Cc1ccccc1Br)C(=O)O. The number of benzene rings is 1. The molecule has 0 spiro atoms. The predicted molar refractivity (Wildman–Crippen MR) is 76.9 cm³/mol. The first-order valence-electron chi connectivity index (χ1n) is 6.21. The van der Waals surface area contributed by atoms with Gasteiger partial charge in [0.15, 0.2) is 0 Å². The number of carboxylic acids is 1. The maximum absolute atomic E-state index is 11.9. The van der Waals surface area contributed by atoms with Gasteiger partial charge in [-0.05, 0) is 17.5 Å². The highest BCUT2D eigenvalue weighted by atomic mass is 79.9. The summed E-state index contributed by atoms with van der Waals surface area (Å²) in [7, 11) is 0. The van der Waals surface area contributed by atoms with E-state index in [9.17, 15) is 9.59 Å². The molecule has 0 aliphatic heterocycles. The lowest BCUT2D eigenvalue weighted by atomic mass is 9.99. The van der Waals surface area contributed by atoms with Crippen LogP contribution >= 0.6 is 15.9 Å². The van der Waals surface area contributed by atoms with Gasteiger partial charge in [0, 0.05) is 4.47 Å². The molecule has 0 aliphatic rings. The summed E-state index contributed by atoms with van der Waals surface area (Å²) in [4.78, 5) is 23.0. The van der Waals surface area contributed by atoms with E-state index in [-0.39, 0.29) is 18.2 Å². The number of carbonyl (C=O) groups is 2. The van der Waals surface area contributed by atoms with E-state index < -0.39 is 12.0 Å². The minimum absolute atomic E-state index is 0.0966. The van der Waals surface area contributed by atoms with Crippen molar-refractivity contribution in [1.82, 2.24) is 5.32 Å². The molecular weight excluding hydrogens is 310 g/mol. The molecule has 1 amide bonds. The van der Waals surface area contributed by atoms with Gasteiger partial charge >= 0.3 is 5.97 Å². The third-order valence-electron chi connectivity index (χ3n) is 3.10. The molecule has 2 atom stereocenters. The van der Waals surface area contributed by atoms with Crippen LogP contribution in [0.4, 0.5) is 0 Å². The molecule has 2 N–H and O–H groups in total. The minimum atomic E-state index is -0.991. The molecular formula is C14H18BrNO3. The van der Waals surface area contributed by atoms with Crippen molar-refractivity contribution in [2.24, 2.45) is 5.92 Å².